The molecule has 20 heavy (non-hydrogen) atoms. The zero-order valence-electron chi connectivity index (χ0n) is 10.5. The van der Waals surface area contributed by atoms with Crippen molar-refractivity contribution >= 4 is 35.6 Å². The highest BCUT2D eigenvalue weighted by Gasteiger charge is 2.15. The van der Waals surface area contributed by atoms with Gasteiger partial charge in [-0.2, -0.15) is 0 Å². The molecule has 0 N–H and O–H groups in total. The highest BCUT2D eigenvalue weighted by molar-refractivity contribution is 7.99. The minimum Gasteiger partial charge on any atom is -0.465 e. The van der Waals surface area contributed by atoms with Crippen LogP contribution in [0.25, 0.3) is 0 Å². The van der Waals surface area contributed by atoms with Crippen molar-refractivity contribution in [3.63, 3.8) is 0 Å². The molecule has 1 heterocycles. The number of nitrogens with zero attached hydrogens (tertiary/aromatic N) is 1. The quantitative estimate of drug-likeness (QED) is 0.491. The van der Waals surface area contributed by atoms with E-state index in [2.05, 4.69) is 4.98 Å². The van der Waals surface area contributed by atoms with Gasteiger partial charge in [0.1, 0.15) is 5.15 Å². The van der Waals surface area contributed by atoms with Crippen LogP contribution in [0.4, 0.5) is 0 Å². The lowest BCUT2D eigenvalue weighted by Gasteiger charge is -2.09. The number of pyridine rings is 1. The molecule has 0 unspecified atom stereocenters. The Labute approximate surface area is 125 Å². The molecule has 2 aromatic rings. The summed E-state index contributed by atoms with van der Waals surface area (Å²) in [4.78, 5) is 27.9. The number of carbonyl (C=O) groups is 2. The number of methoxy groups -OCH3 is 1. The van der Waals surface area contributed by atoms with Gasteiger partial charge in [0, 0.05) is 16.7 Å². The number of carbonyl (C=O) groups excluding carboxylic acids is 2. The Morgan fingerprint density at radius 3 is 2.80 bits per heavy atom. The molecule has 0 aliphatic heterocycles. The number of aldehydes is 1. The first-order valence-electron chi connectivity index (χ1n) is 5.62. The molecule has 1 aromatic heterocycles. The molecule has 0 aliphatic carbocycles. The van der Waals surface area contributed by atoms with E-state index < -0.39 is 5.97 Å². The predicted octanol–water partition coefficient (Wildman–Crippen LogP) is 3.49. The maximum Gasteiger partial charge on any atom is 0.339 e. The largest absolute Gasteiger partial charge is 0.465 e. The molecule has 6 heteroatoms. The van der Waals surface area contributed by atoms with Gasteiger partial charge in [0.25, 0.3) is 0 Å². The monoisotopic (exact) mass is 307 g/mol. The van der Waals surface area contributed by atoms with E-state index in [1.807, 2.05) is 0 Å². The maximum atomic E-state index is 11.7. The standard InChI is InChI=1S/C14H10ClNO3S/c1-19-14(18)10-4-2-3-5-11(10)20-12-9(8-17)6-7-16-13(12)15/h2-8H,1H3. The number of ether oxygens (including phenoxy) is 1. The number of esters is 1. The molecule has 0 saturated carbocycles. The van der Waals surface area contributed by atoms with Gasteiger partial charge in [0.2, 0.25) is 0 Å². The number of hydrogen-bond donors (Lipinski definition) is 0. The molecule has 0 amide bonds. The average molecular weight is 308 g/mol. The molecule has 4 nitrogen and oxygen atoms in total. The summed E-state index contributed by atoms with van der Waals surface area (Å²) in [6, 6.07) is 8.51. The molecule has 1 aromatic carbocycles. The van der Waals surface area contributed by atoms with Crippen LogP contribution in [0.5, 0.6) is 0 Å². The van der Waals surface area contributed by atoms with E-state index in [1.54, 1.807) is 30.3 Å². The second-order valence-corrected chi connectivity index (χ2v) is 5.14. The third kappa shape index (κ3) is 3.00. The van der Waals surface area contributed by atoms with Crippen LogP contribution in [-0.2, 0) is 4.74 Å². The summed E-state index contributed by atoms with van der Waals surface area (Å²) in [7, 11) is 1.32. The SMILES string of the molecule is COC(=O)c1ccccc1Sc1c(C=O)ccnc1Cl. The summed E-state index contributed by atoms with van der Waals surface area (Å²) < 4.78 is 4.73. The molecule has 0 aliphatic rings. The summed E-state index contributed by atoms with van der Waals surface area (Å²) >= 11 is 7.23. The van der Waals surface area contributed by atoms with Crippen LogP contribution in [0.15, 0.2) is 46.3 Å². The fourth-order valence-electron chi connectivity index (χ4n) is 1.57. The number of aromatic nitrogens is 1. The number of rotatable bonds is 4. The first-order chi connectivity index (χ1) is 9.67. The smallest absolute Gasteiger partial charge is 0.339 e. The molecule has 0 radical (unpaired) electrons. The zero-order valence-corrected chi connectivity index (χ0v) is 12.1. The third-order valence-electron chi connectivity index (χ3n) is 2.52. The Bertz CT molecular complexity index is 661. The van der Waals surface area contributed by atoms with Crippen molar-refractivity contribution in [3.05, 3.63) is 52.8 Å². The summed E-state index contributed by atoms with van der Waals surface area (Å²) in [6.07, 6.45) is 2.17. The predicted molar refractivity (Wildman–Crippen MR) is 76.5 cm³/mol. The Morgan fingerprint density at radius 2 is 2.10 bits per heavy atom. The second kappa shape index (κ2) is 6.54. The third-order valence-corrected chi connectivity index (χ3v) is 4.13. The minimum absolute atomic E-state index is 0.222. The molecule has 0 spiro atoms. The minimum atomic E-state index is -0.444. The van der Waals surface area contributed by atoms with Gasteiger partial charge in [-0.1, -0.05) is 35.5 Å². The highest BCUT2D eigenvalue weighted by atomic mass is 35.5. The number of benzene rings is 1. The lowest BCUT2D eigenvalue weighted by atomic mass is 10.2. The number of hydrogen-bond acceptors (Lipinski definition) is 5. The molecule has 0 saturated heterocycles. The van der Waals surface area contributed by atoms with Crippen molar-refractivity contribution in [2.45, 2.75) is 9.79 Å². The highest BCUT2D eigenvalue weighted by Crippen LogP contribution is 2.36. The Balaban J connectivity index is 2.46. The van der Waals surface area contributed by atoms with Crippen molar-refractivity contribution in [2.75, 3.05) is 7.11 Å². The first kappa shape index (κ1) is 14.6. The molecule has 0 fully saturated rings. The van der Waals surface area contributed by atoms with Gasteiger partial charge in [0.05, 0.1) is 17.6 Å². The van der Waals surface area contributed by atoms with Crippen molar-refractivity contribution in [2.24, 2.45) is 0 Å². The lowest BCUT2D eigenvalue weighted by molar-refractivity contribution is 0.0596. The van der Waals surface area contributed by atoms with Gasteiger partial charge in [-0.25, -0.2) is 9.78 Å². The zero-order chi connectivity index (χ0) is 14.5. The van der Waals surface area contributed by atoms with E-state index in [9.17, 15) is 9.59 Å². The van der Waals surface area contributed by atoms with Crippen LogP contribution in [0.3, 0.4) is 0 Å². The molecule has 2 rings (SSSR count). The Kier molecular flexibility index (Phi) is 4.76. The molecule has 102 valence electrons. The maximum absolute atomic E-state index is 11.7. The van der Waals surface area contributed by atoms with E-state index in [-0.39, 0.29) is 5.15 Å². The second-order valence-electron chi connectivity index (χ2n) is 3.73. The van der Waals surface area contributed by atoms with E-state index in [0.717, 1.165) is 0 Å². The van der Waals surface area contributed by atoms with Crippen LogP contribution < -0.4 is 0 Å². The van der Waals surface area contributed by atoms with E-state index >= 15 is 0 Å². The van der Waals surface area contributed by atoms with Crippen LogP contribution in [-0.4, -0.2) is 24.3 Å². The van der Waals surface area contributed by atoms with Crippen LogP contribution in [0.1, 0.15) is 20.7 Å². The van der Waals surface area contributed by atoms with E-state index in [0.29, 0.717) is 27.2 Å². The van der Waals surface area contributed by atoms with Gasteiger partial charge in [-0.3, -0.25) is 4.79 Å². The van der Waals surface area contributed by atoms with Crippen molar-refractivity contribution in [3.8, 4) is 0 Å². The van der Waals surface area contributed by atoms with Gasteiger partial charge in [-0.05, 0) is 18.2 Å². The van der Waals surface area contributed by atoms with Crippen molar-refractivity contribution < 1.29 is 14.3 Å². The molecule has 0 bridgehead atoms. The fourth-order valence-corrected chi connectivity index (χ4v) is 2.85. The topological polar surface area (TPSA) is 56.3 Å². The van der Waals surface area contributed by atoms with Crippen LogP contribution >= 0.6 is 23.4 Å². The van der Waals surface area contributed by atoms with E-state index in [1.165, 1.54) is 25.1 Å². The van der Waals surface area contributed by atoms with Gasteiger partial charge in [0.15, 0.2) is 6.29 Å². The summed E-state index contributed by atoms with van der Waals surface area (Å²) in [5.41, 5.74) is 0.839. The van der Waals surface area contributed by atoms with Crippen molar-refractivity contribution in [1.82, 2.24) is 4.98 Å². The van der Waals surface area contributed by atoms with Crippen LogP contribution in [0.2, 0.25) is 5.15 Å². The van der Waals surface area contributed by atoms with E-state index in [4.69, 9.17) is 16.3 Å². The van der Waals surface area contributed by atoms with Crippen LogP contribution in [0, 0.1) is 0 Å². The van der Waals surface area contributed by atoms with Gasteiger partial charge >= 0.3 is 5.97 Å². The molecule has 0 atom stereocenters. The average Bonchev–Trinajstić information content (AvgIpc) is 2.49. The molecular weight excluding hydrogens is 298 g/mol. The lowest BCUT2D eigenvalue weighted by Crippen LogP contribution is -2.03. The van der Waals surface area contributed by atoms with Crippen molar-refractivity contribution in [1.29, 1.82) is 0 Å². The normalized spacial score (nSPS) is 10.1. The fraction of sp³-hybridized carbons (Fsp3) is 0.0714. The molecular formula is C14H10ClNO3S. The summed E-state index contributed by atoms with van der Waals surface area (Å²) in [6.45, 7) is 0. The Morgan fingerprint density at radius 1 is 1.35 bits per heavy atom. The van der Waals surface area contributed by atoms with Gasteiger partial charge < -0.3 is 4.74 Å². The summed E-state index contributed by atoms with van der Waals surface area (Å²) in [5.74, 6) is -0.444. The number of halogens is 1. The van der Waals surface area contributed by atoms with Gasteiger partial charge in [-0.15, -0.1) is 0 Å². The first-order valence-corrected chi connectivity index (χ1v) is 6.81. The Hall–Kier alpha value is -1.85. The summed E-state index contributed by atoms with van der Waals surface area (Å²) in [5, 5.41) is 0.222.